The Balaban J connectivity index is 1.32. The number of ether oxygens (including phenoxy) is 1. The lowest BCUT2D eigenvalue weighted by atomic mass is 9.54. The summed E-state index contributed by atoms with van der Waals surface area (Å²) in [5.74, 6) is 1.32. The van der Waals surface area contributed by atoms with Gasteiger partial charge >= 0.3 is 0 Å². The molecule has 2 spiro atoms. The van der Waals surface area contributed by atoms with Crippen LogP contribution in [0.5, 0.6) is 0 Å². The highest BCUT2D eigenvalue weighted by Gasteiger charge is 2.67. The van der Waals surface area contributed by atoms with E-state index in [-0.39, 0.29) is 28.8 Å². The Morgan fingerprint density at radius 2 is 2.09 bits per heavy atom. The van der Waals surface area contributed by atoms with Crippen molar-refractivity contribution >= 4 is 22.3 Å². The molecule has 1 aromatic heterocycles. The summed E-state index contributed by atoms with van der Waals surface area (Å²) in [6.07, 6.45) is 11.7. The summed E-state index contributed by atoms with van der Waals surface area (Å²) in [7, 11) is 4.16. The average Bonchev–Trinajstić information content (AvgIpc) is 3.48. The van der Waals surface area contributed by atoms with Gasteiger partial charge in [0.15, 0.2) is 5.82 Å². The van der Waals surface area contributed by atoms with Crippen molar-refractivity contribution in [1.29, 1.82) is 0 Å². The molecular formula is C29H36N4O2. The van der Waals surface area contributed by atoms with Crippen LogP contribution in [-0.2, 0) is 4.74 Å². The third kappa shape index (κ3) is 2.63. The van der Waals surface area contributed by atoms with Gasteiger partial charge in [0, 0.05) is 22.8 Å². The van der Waals surface area contributed by atoms with Gasteiger partial charge in [0.25, 0.3) is 0 Å². The number of nitrogens with two attached hydrogens (primary N) is 1. The lowest BCUT2D eigenvalue weighted by Crippen LogP contribution is -2.58. The second-order valence-electron chi connectivity index (χ2n) is 12.1. The average molecular weight is 473 g/mol. The monoisotopic (exact) mass is 472 g/mol. The normalized spacial score (nSPS) is 41.8. The van der Waals surface area contributed by atoms with Gasteiger partial charge in [0.2, 0.25) is 0 Å². The molecule has 184 valence electrons. The zero-order valence-electron chi connectivity index (χ0n) is 21.1. The number of benzene rings is 1. The number of aromatic nitrogens is 2. The van der Waals surface area contributed by atoms with Gasteiger partial charge in [-0.3, -0.25) is 5.10 Å². The molecule has 1 aromatic carbocycles. The van der Waals surface area contributed by atoms with Crippen LogP contribution < -0.4 is 5.73 Å². The highest BCUT2D eigenvalue weighted by molar-refractivity contribution is 5.92. The minimum atomic E-state index is -0.338. The van der Waals surface area contributed by atoms with Crippen molar-refractivity contribution in [2.75, 3.05) is 19.8 Å². The van der Waals surface area contributed by atoms with E-state index < -0.39 is 0 Å². The van der Waals surface area contributed by atoms with Gasteiger partial charge in [-0.2, -0.15) is 5.10 Å². The molecule has 1 saturated heterocycles. The molecule has 7 rings (SSSR count). The Hall–Kier alpha value is -2.41. The van der Waals surface area contributed by atoms with Crippen LogP contribution in [0.3, 0.4) is 0 Å². The summed E-state index contributed by atoms with van der Waals surface area (Å²) in [6.45, 7) is 4.82. The molecule has 4 unspecified atom stereocenters. The molecule has 3 heterocycles. The molecule has 35 heavy (non-hydrogen) atoms. The number of H-pyrrole nitrogens is 1. The molecule has 3 aliphatic carbocycles. The summed E-state index contributed by atoms with van der Waals surface area (Å²) in [6, 6.07) is 6.65. The molecular weight excluding hydrogens is 436 g/mol. The van der Waals surface area contributed by atoms with E-state index in [1.165, 1.54) is 22.3 Å². The predicted molar refractivity (Wildman–Crippen MR) is 139 cm³/mol. The van der Waals surface area contributed by atoms with Crippen molar-refractivity contribution < 1.29 is 9.84 Å². The fraction of sp³-hybridized carbons (Fsp3) is 0.552. The molecule has 2 aliphatic heterocycles. The fourth-order valence-electron chi connectivity index (χ4n) is 8.43. The largest absolute Gasteiger partial charge is 0.391 e. The number of likely N-dealkylation sites (N-methyl/N-ethyl adjacent to an activating group) is 1. The van der Waals surface area contributed by atoms with E-state index in [0.29, 0.717) is 24.1 Å². The van der Waals surface area contributed by atoms with Crippen LogP contribution in [0.4, 0.5) is 5.82 Å². The van der Waals surface area contributed by atoms with Crippen molar-refractivity contribution in [2.24, 2.45) is 17.3 Å². The van der Waals surface area contributed by atoms with Crippen molar-refractivity contribution in [2.45, 2.75) is 69.3 Å². The molecule has 2 fully saturated rings. The molecule has 7 atom stereocenters. The summed E-state index contributed by atoms with van der Waals surface area (Å²) in [5, 5.41) is 19.1. The number of nitrogens with one attached hydrogen (secondary N) is 1. The van der Waals surface area contributed by atoms with Crippen LogP contribution in [0.15, 0.2) is 47.6 Å². The van der Waals surface area contributed by atoms with Crippen LogP contribution >= 0.6 is 0 Å². The minimum Gasteiger partial charge on any atom is -0.391 e. The second-order valence-corrected chi connectivity index (χ2v) is 12.1. The first kappa shape index (κ1) is 21.8. The van der Waals surface area contributed by atoms with Crippen molar-refractivity contribution in [1.82, 2.24) is 15.1 Å². The van der Waals surface area contributed by atoms with E-state index in [1.807, 2.05) is 0 Å². The summed E-state index contributed by atoms with van der Waals surface area (Å²) >= 11 is 0. The van der Waals surface area contributed by atoms with E-state index in [0.717, 1.165) is 36.6 Å². The Morgan fingerprint density at radius 3 is 2.89 bits per heavy atom. The summed E-state index contributed by atoms with van der Waals surface area (Å²) in [5.41, 5.74) is 11.9. The van der Waals surface area contributed by atoms with Gasteiger partial charge in [-0.05, 0) is 86.5 Å². The summed E-state index contributed by atoms with van der Waals surface area (Å²) < 4.78 is 7.36. The van der Waals surface area contributed by atoms with E-state index in [1.54, 1.807) is 0 Å². The van der Waals surface area contributed by atoms with Crippen LogP contribution in [-0.4, -0.2) is 57.6 Å². The van der Waals surface area contributed by atoms with Crippen LogP contribution in [0.2, 0.25) is 0 Å². The highest BCUT2D eigenvalue weighted by Crippen LogP contribution is 2.69. The number of rotatable bonds is 2. The third-order valence-electron chi connectivity index (χ3n) is 10.5. The third-order valence-corrected chi connectivity index (χ3v) is 10.5. The minimum absolute atomic E-state index is 0.0261. The Kier molecular flexibility index (Phi) is 4.29. The standard InChI is InChI=1S/C29H36N4O2/c1-16-11-19-13-18-14-24(34)23(33(3)4)15-28(18)9-10-29(19,35-28)25-8-6-21(27(16,25)2)17-5-7-22-20(12-17)26(30)32-31-22/h5-7,11-13,16,23-25,34H,8-10,14-15H2,1-4H3,(H3,30,31,32)/t16?,23-,24?,25?,27?,28+,29+/m0/s1. The van der Waals surface area contributed by atoms with Crippen molar-refractivity contribution in [3.63, 3.8) is 0 Å². The first-order chi connectivity index (χ1) is 16.7. The number of nitrogens with zero attached hydrogens (tertiary/aromatic N) is 2. The van der Waals surface area contributed by atoms with Crippen LogP contribution in [0.1, 0.15) is 51.5 Å². The number of anilines is 1. The second kappa shape index (κ2) is 6.87. The number of nitrogen functional groups attached to an aromatic ring is 1. The van der Waals surface area contributed by atoms with Crippen LogP contribution in [0, 0.1) is 17.3 Å². The topological polar surface area (TPSA) is 87.4 Å². The Morgan fingerprint density at radius 1 is 1.26 bits per heavy atom. The van der Waals surface area contributed by atoms with Crippen molar-refractivity contribution in [3.8, 4) is 0 Å². The summed E-state index contributed by atoms with van der Waals surface area (Å²) in [4.78, 5) is 2.18. The lowest BCUT2D eigenvalue weighted by molar-refractivity contribution is -0.148. The zero-order valence-corrected chi connectivity index (χ0v) is 21.1. The Bertz CT molecular complexity index is 1340. The highest BCUT2D eigenvalue weighted by atomic mass is 16.5. The number of fused-ring (bicyclic) bond motifs is 2. The van der Waals surface area contributed by atoms with Gasteiger partial charge in [0.05, 0.1) is 22.8 Å². The maximum absolute atomic E-state index is 10.9. The number of aliphatic hydroxyl groups is 1. The molecule has 6 heteroatoms. The molecule has 5 aliphatic rings. The van der Waals surface area contributed by atoms with E-state index in [4.69, 9.17) is 10.5 Å². The van der Waals surface area contributed by atoms with Gasteiger partial charge in [-0.25, -0.2) is 0 Å². The number of hydrogen-bond acceptors (Lipinski definition) is 5. The molecule has 4 N–H and O–H groups in total. The van der Waals surface area contributed by atoms with E-state index >= 15 is 0 Å². The SMILES string of the molecule is CC1C=C2C=C3CC(O)[C@@H](N(C)C)C[C@]34CC[C@]2(O4)C2CC=C(c3ccc4[nH]nc(N)c4c3)C12C. The number of hydrogen-bond donors (Lipinski definition) is 3. The van der Waals surface area contributed by atoms with Crippen molar-refractivity contribution in [3.05, 3.63) is 53.1 Å². The zero-order chi connectivity index (χ0) is 24.3. The maximum Gasteiger partial charge on any atom is 0.153 e. The first-order valence-corrected chi connectivity index (χ1v) is 13.1. The van der Waals surface area contributed by atoms with Gasteiger partial charge in [-0.1, -0.05) is 38.1 Å². The lowest BCUT2D eigenvalue weighted by Gasteiger charge is -2.56. The number of aromatic amines is 1. The van der Waals surface area contributed by atoms with Crippen LogP contribution in [0.25, 0.3) is 16.5 Å². The first-order valence-electron chi connectivity index (χ1n) is 13.1. The number of allylic oxidation sites excluding steroid dienone is 3. The number of aliphatic hydroxyl groups excluding tert-OH is 1. The van der Waals surface area contributed by atoms with Gasteiger partial charge in [-0.15, -0.1) is 0 Å². The molecule has 6 nitrogen and oxygen atoms in total. The Labute approximate surface area is 206 Å². The predicted octanol–water partition coefficient (Wildman–Crippen LogP) is 4.44. The van der Waals surface area contributed by atoms with E-state index in [9.17, 15) is 5.11 Å². The smallest absolute Gasteiger partial charge is 0.153 e. The fourth-order valence-corrected chi connectivity index (χ4v) is 8.43. The molecule has 0 radical (unpaired) electrons. The maximum atomic E-state index is 10.9. The molecule has 2 aromatic rings. The quantitative estimate of drug-likeness (QED) is 0.601. The molecule has 2 bridgehead atoms. The molecule has 0 amide bonds. The van der Waals surface area contributed by atoms with E-state index in [2.05, 4.69) is 79.5 Å². The van der Waals surface area contributed by atoms with Gasteiger partial charge < -0.3 is 20.5 Å². The molecule has 1 saturated carbocycles. The van der Waals surface area contributed by atoms with Gasteiger partial charge in [0.1, 0.15) is 0 Å².